The molecule has 6 nitrogen and oxygen atoms in total. The second kappa shape index (κ2) is 9.05. The van der Waals surface area contributed by atoms with Crippen LogP contribution in [0.15, 0.2) is 18.2 Å². The van der Waals surface area contributed by atoms with Crippen LogP contribution in [0.25, 0.3) is 10.2 Å². The Hall–Kier alpha value is -2.25. The van der Waals surface area contributed by atoms with Gasteiger partial charge in [0.1, 0.15) is 6.54 Å². The maximum absolute atomic E-state index is 13.3. The standard InChI is InChI=1S/C22H31N5OS/c1-7-25(8-2)9-10-26(20(28)14-27-18(6)13-17(5)24-27)22-23-19-12-15(3)11-16(4)21(19)29-22/h11-13H,7-10,14H2,1-6H3. The number of carbonyl (C=O) groups excluding carboxylic acids is 1. The zero-order chi connectivity index (χ0) is 21.1. The largest absolute Gasteiger partial charge is 0.302 e. The van der Waals surface area contributed by atoms with E-state index in [0.29, 0.717) is 6.54 Å². The number of hydrogen-bond donors (Lipinski definition) is 0. The summed E-state index contributed by atoms with van der Waals surface area (Å²) in [6, 6.07) is 6.26. The fraction of sp³-hybridized carbons (Fsp3) is 0.500. The van der Waals surface area contributed by atoms with Crippen LogP contribution >= 0.6 is 11.3 Å². The van der Waals surface area contributed by atoms with Crippen molar-refractivity contribution in [2.24, 2.45) is 0 Å². The van der Waals surface area contributed by atoms with Gasteiger partial charge in [-0.3, -0.25) is 14.4 Å². The van der Waals surface area contributed by atoms with Crippen LogP contribution < -0.4 is 4.90 Å². The lowest BCUT2D eigenvalue weighted by Gasteiger charge is -2.24. The van der Waals surface area contributed by atoms with Crippen LogP contribution in [-0.4, -0.2) is 51.8 Å². The highest BCUT2D eigenvalue weighted by atomic mass is 32.1. The number of thiazole rings is 1. The summed E-state index contributed by atoms with van der Waals surface area (Å²) >= 11 is 1.60. The molecule has 0 saturated carbocycles. The molecule has 0 bridgehead atoms. The maximum atomic E-state index is 13.3. The van der Waals surface area contributed by atoms with Gasteiger partial charge in [0.15, 0.2) is 5.13 Å². The van der Waals surface area contributed by atoms with Gasteiger partial charge in [-0.2, -0.15) is 5.10 Å². The number of fused-ring (bicyclic) bond motifs is 1. The first-order valence-electron chi connectivity index (χ1n) is 10.2. The molecular weight excluding hydrogens is 382 g/mol. The van der Waals surface area contributed by atoms with Gasteiger partial charge in [-0.05, 0) is 64.0 Å². The number of carbonyl (C=O) groups is 1. The van der Waals surface area contributed by atoms with Crippen molar-refractivity contribution in [1.29, 1.82) is 0 Å². The molecule has 1 aromatic carbocycles. The summed E-state index contributed by atoms with van der Waals surface area (Å²) in [5.74, 6) is 0.0248. The molecule has 7 heteroatoms. The van der Waals surface area contributed by atoms with Crippen molar-refractivity contribution < 1.29 is 4.79 Å². The molecule has 0 unspecified atom stereocenters. The first kappa shape index (κ1) is 21.5. The number of benzene rings is 1. The zero-order valence-electron chi connectivity index (χ0n) is 18.3. The minimum absolute atomic E-state index is 0.0248. The third-order valence-electron chi connectivity index (χ3n) is 5.26. The average molecular weight is 414 g/mol. The summed E-state index contributed by atoms with van der Waals surface area (Å²) in [6.07, 6.45) is 0. The van der Waals surface area contributed by atoms with Crippen LogP contribution in [0.3, 0.4) is 0 Å². The van der Waals surface area contributed by atoms with E-state index in [9.17, 15) is 4.79 Å². The minimum Gasteiger partial charge on any atom is -0.302 e. The highest BCUT2D eigenvalue weighted by molar-refractivity contribution is 7.22. The number of rotatable bonds is 8. The normalized spacial score (nSPS) is 11.6. The predicted octanol–water partition coefficient (Wildman–Crippen LogP) is 4.10. The number of aryl methyl sites for hydroxylation is 4. The SMILES string of the molecule is CCN(CC)CCN(C(=O)Cn1nc(C)cc1C)c1nc2cc(C)cc(C)c2s1. The predicted molar refractivity (Wildman–Crippen MR) is 121 cm³/mol. The molecule has 3 aromatic rings. The van der Waals surface area contributed by atoms with Crippen LogP contribution in [0.2, 0.25) is 0 Å². The lowest BCUT2D eigenvalue weighted by atomic mass is 10.1. The summed E-state index contributed by atoms with van der Waals surface area (Å²) in [4.78, 5) is 22.3. The van der Waals surface area contributed by atoms with E-state index in [2.05, 4.69) is 49.8 Å². The van der Waals surface area contributed by atoms with Crippen LogP contribution in [-0.2, 0) is 11.3 Å². The molecule has 0 N–H and O–H groups in total. The topological polar surface area (TPSA) is 54.3 Å². The number of aromatic nitrogens is 3. The molecule has 2 aromatic heterocycles. The lowest BCUT2D eigenvalue weighted by Crippen LogP contribution is -2.40. The van der Waals surface area contributed by atoms with Gasteiger partial charge in [0, 0.05) is 18.8 Å². The second-order valence-electron chi connectivity index (χ2n) is 7.58. The minimum atomic E-state index is 0.0248. The van der Waals surface area contributed by atoms with Crippen molar-refractivity contribution in [3.05, 3.63) is 40.7 Å². The van der Waals surface area contributed by atoms with Gasteiger partial charge >= 0.3 is 0 Å². The molecule has 0 aliphatic rings. The Morgan fingerprint density at radius 2 is 1.79 bits per heavy atom. The van der Waals surface area contributed by atoms with E-state index in [-0.39, 0.29) is 12.5 Å². The molecule has 2 heterocycles. The van der Waals surface area contributed by atoms with E-state index in [1.807, 2.05) is 24.8 Å². The summed E-state index contributed by atoms with van der Waals surface area (Å²) in [5, 5.41) is 5.23. The van der Waals surface area contributed by atoms with Crippen LogP contribution in [0.4, 0.5) is 5.13 Å². The van der Waals surface area contributed by atoms with Crippen molar-refractivity contribution in [3.63, 3.8) is 0 Å². The van der Waals surface area contributed by atoms with Crippen LogP contribution in [0, 0.1) is 27.7 Å². The maximum Gasteiger partial charge on any atom is 0.250 e. The fourth-order valence-corrected chi connectivity index (χ4v) is 4.70. The first-order valence-corrected chi connectivity index (χ1v) is 11.1. The van der Waals surface area contributed by atoms with E-state index in [0.717, 1.165) is 46.4 Å². The van der Waals surface area contributed by atoms with Gasteiger partial charge in [-0.25, -0.2) is 4.98 Å². The number of hydrogen-bond acceptors (Lipinski definition) is 5. The highest BCUT2D eigenvalue weighted by Gasteiger charge is 2.22. The van der Waals surface area contributed by atoms with Crippen molar-refractivity contribution in [3.8, 4) is 0 Å². The van der Waals surface area contributed by atoms with Crippen molar-refractivity contribution in [2.75, 3.05) is 31.1 Å². The fourth-order valence-electron chi connectivity index (χ4n) is 3.64. The molecular formula is C22H31N5OS. The van der Waals surface area contributed by atoms with E-state index in [1.165, 1.54) is 11.1 Å². The van der Waals surface area contributed by atoms with Crippen molar-refractivity contribution in [2.45, 2.75) is 48.1 Å². The summed E-state index contributed by atoms with van der Waals surface area (Å²) < 4.78 is 2.93. The molecule has 0 radical (unpaired) electrons. The molecule has 0 spiro atoms. The lowest BCUT2D eigenvalue weighted by molar-refractivity contribution is -0.119. The smallest absolute Gasteiger partial charge is 0.250 e. The molecule has 0 fully saturated rings. The van der Waals surface area contributed by atoms with Gasteiger partial charge < -0.3 is 4.90 Å². The Kier molecular flexibility index (Phi) is 6.70. The zero-order valence-corrected chi connectivity index (χ0v) is 19.1. The van der Waals surface area contributed by atoms with Gasteiger partial charge in [0.2, 0.25) is 0 Å². The van der Waals surface area contributed by atoms with E-state index in [4.69, 9.17) is 4.98 Å². The summed E-state index contributed by atoms with van der Waals surface area (Å²) in [6.45, 7) is 16.0. The Bertz CT molecular complexity index is 1000. The summed E-state index contributed by atoms with van der Waals surface area (Å²) in [7, 11) is 0. The van der Waals surface area contributed by atoms with Gasteiger partial charge in [0.05, 0.1) is 15.9 Å². The Morgan fingerprint density at radius 3 is 2.41 bits per heavy atom. The highest BCUT2D eigenvalue weighted by Crippen LogP contribution is 2.32. The molecule has 0 aliphatic heterocycles. The van der Waals surface area contributed by atoms with Gasteiger partial charge in [0.25, 0.3) is 5.91 Å². The van der Waals surface area contributed by atoms with Gasteiger partial charge in [-0.15, -0.1) is 0 Å². The monoisotopic (exact) mass is 413 g/mol. The van der Waals surface area contributed by atoms with Gasteiger partial charge in [-0.1, -0.05) is 31.3 Å². The number of likely N-dealkylation sites (N-methyl/N-ethyl adjacent to an activating group) is 1. The van der Waals surface area contributed by atoms with E-state index in [1.54, 1.807) is 16.0 Å². The second-order valence-corrected chi connectivity index (χ2v) is 8.56. The van der Waals surface area contributed by atoms with Crippen LogP contribution in [0.5, 0.6) is 0 Å². The quantitative estimate of drug-likeness (QED) is 0.558. The average Bonchev–Trinajstić information content (AvgIpc) is 3.21. The molecule has 1 amide bonds. The molecule has 156 valence electrons. The molecule has 0 atom stereocenters. The first-order chi connectivity index (χ1) is 13.8. The summed E-state index contributed by atoms with van der Waals surface area (Å²) in [5.41, 5.74) is 5.29. The number of nitrogens with zero attached hydrogens (tertiary/aromatic N) is 5. The Balaban J connectivity index is 1.92. The molecule has 0 saturated heterocycles. The van der Waals surface area contributed by atoms with E-state index < -0.39 is 0 Å². The van der Waals surface area contributed by atoms with Crippen molar-refractivity contribution in [1.82, 2.24) is 19.7 Å². The van der Waals surface area contributed by atoms with Crippen molar-refractivity contribution >= 4 is 32.6 Å². The number of amides is 1. The Morgan fingerprint density at radius 1 is 1.07 bits per heavy atom. The molecule has 3 rings (SSSR count). The molecule has 0 aliphatic carbocycles. The van der Waals surface area contributed by atoms with Crippen LogP contribution in [0.1, 0.15) is 36.4 Å². The third kappa shape index (κ3) is 4.85. The van der Waals surface area contributed by atoms with E-state index >= 15 is 0 Å². The Labute approximate surface area is 177 Å². The number of anilines is 1. The third-order valence-corrected chi connectivity index (χ3v) is 6.49. The molecule has 29 heavy (non-hydrogen) atoms.